The van der Waals surface area contributed by atoms with Crippen LogP contribution in [0, 0.1) is 0 Å². The number of aromatic hydroxyl groups is 1. The summed E-state index contributed by atoms with van der Waals surface area (Å²) >= 11 is 0. The first-order chi connectivity index (χ1) is 13.2. The van der Waals surface area contributed by atoms with Crippen molar-refractivity contribution in [2.45, 2.75) is 57.0 Å². The van der Waals surface area contributed by atoms with Crippen molar-refractivity contribution < 1.29 is 5.11 Å². The highest BCUT2D eigenvalue weighted by Crippen LogP contribution is 2.61. The maximum absolute atomic E-state index is 10.9. The molecule has 1 N–H and O–H groups in total. The lowest BCUT2D eigenvalue weighted by Gasteiger charge is -2.58. The van der Waals surface area contributed by atoms with E-state index in [1.807, 2.05) is 12.1 Å². The van der Waals surface area contributed by atoms with Crippen molar-refractivity contribution in [3.05, 3.63) is 65.7 Å². The van der Waals surface area contributed by atoms with E-state index in [0.717, 1.165) is 23.6 Å². The van der Waals surface area contributed by atoms with Gasteiger partial charge in [0.25, 0.3) is 0 Å². The average Bonchev–Trinajstić information content (AvgIpc) is 2.89. The van der Waals surface area contributed by atoms with Crippen LogP contribution in [0.25, 0.3) is 21.9 Å². The molecule has 0 atom stereocenters. The fraction of sp³-hybridized carbons (Fsp3) is 0.385. The van der Waals surface area contributed by atoms with Gasteiger partial charge in [0, 0.05) is 21.9 Å². The second kappa shape index (κ2) is 5.39. The van der Waals surface area contributed by atoms with Crippen LogP contribution in [0.5, 0.6) is 5.75 Å². The molecule has 3 aromatic rings. The quantitative estimate of drug-likeness (QED) is 0.516. The zero-order valence-corrected chi connectivity index (χ0v) is 17.5. The lowest BCUT2D eigenvalue weighted by molar-refractivity contribution is -0.0317. The lowest BCUT2D eigenvalue weighted by Crippen LogP contribution is -2.62. The Kier molecular flexibility index (Phi) is 3.42. The van der Waals surface area contributed by atoms with E-state index in [1.54, 1.807) is 0 Å². The number of piperidine rings is 1. The number of fused-ring (bicyclic) bond motifs is 7. The van der Waals surface area contributed by atoms with Crippen molar-refractivity contribution in [3.63, 3.8) is 0 Å². The van der Waals surface area contributed by atoms with E-state index in [0.29, 0.717) is 5.75 Å². The molecule has 0 saturated carbocycles. The Morgan fingerprint density at radius 3 is 2.04 bits per heavy atom. The van der Waals surface area contributed by atoms with Gasteiger partial charge in [-0.1, -0.05) is 48.5 Å². The first-order valence-corrected chi connectivity index (χ1v) is 10.3. The van der Waals surface area contributed by atoms with E-state index >= 15 is 0 Å². The summed E-state index contributed by atoms with van der Waals surface area (Å²) in [6.45, 7) is 9.43. The first kappa shape index (κ1) is 17.8. The van der Waals surface area contributed by atoms with Gasteiger partial charge < -0.3 is 5.11 Å². The summed E-state index contributed by atoms with van der Waals surface area (Å²) < 4.78 is 0. The second-order valence-corrected chi connectivity index (χ2v) is 10.0. The number of rotatable bonds is 0. The fourth-order valence-corrected chi connectivity index (χ4v) is 6.26. The van der Waals surface area contributed by atoms with E-state index in [2.05, 4.69) is 82.1 Å². The van der Waals surface area contributed by atoms with Gasteiger partial charge in [0.15, 0.2) is 0 Å². The van der Waals surface area contributed by atoms with Gasteiger partial charge in [0.05, 0.1) is 0 Å². The van der Waals surface area contributed by atoms with Crippen molar-refractivity contribution in [2.75, 3.05) is 7.05 Å². The summed E-state index contributed by atoms with van der Waals surface area (Å²) in [4.78, 5) is 2.53. The number of phenols is 1. The molecule has 0 unspecified atom stereocenters. The minimum absolute atomic E-state index is 0.0533. The molecule has 1 aliphatic carbocycles. The highest BCUT2D eigenvalue weighted by molar-refractivity contribution is 6.05. The zero-order valence-electron chi connectivity index (χ0n) is 17.5. The molecule has 2 heteroatoms. The average molecular weight is 372 g/mol. The molecule has 2 aliphatic rings. The number of nitrogens with zero attached hydrogens (tertiary/aromatic N) is 1. The topological polar surface area (TPSA) is 23.5 Å². The van der Waals surface area contributed by atoms with Crippen LogP contribution in [0.1, 0.15) is 51.7 Å². The molecule has 0 amide bonds. The van der Waals surface area contributed by atoms with E-state index < -0.39 is 0 Å². The molecule has 28 heavy (non-hydrogen) atoms. The Balaban J connectivity index is 1.90. The summed E-state index contributed by atoms with van der Waals surface area (Å²) in [5.74, 6) is 0.399. The van der Waals surface area contributed by atoms with Crippen LogP contribution in [-0.4, -0.2) is 28.1 Å². The molecule has 1 aliphatic heterocycles. The van der Waals surface area contributed by atoms with Crippen molar-refractivity contribution >= 4 is 10.8 Å². The van der Waals surface area contributed by atoms with Gasteiger partial charge >= 0.3 is 0 Å². The van der Waals surface area contributed by atoms with Crippen molar-refractivity contribution in [1.82, 2.24) is 4.90 Å². The van der Waals surface area contributed by atoms with Gasteiger partial charge in [-0.2, -0.15) is 0 Å². The number of likely N-dealkylation sites (tertiary alicyclic amines) is 1. The molecule has 1 spiro atoms. The molecular formula is C26H29NO. The van der Waals surface area contributed by atoms with Crippen LogP contribution in [0.4, 0.5) is 0 Å². The Bertz CT molecular complexity index is 1090. The van der Waals surface area contributed by atoms with Crippen LogP contribution in [0.15, 0.2) is 54.6 Å². The molecular weight excluding hydrogens is 342 g/mol. The van der Waals surface area contributed by atoms with Gasteiger partial charge in [-0.3, -0.25) is 4.90 Å². The zero-order chi connectivity index (χ0) is 19.9. The third kappa shape index (κ3) is 2.13. The van der Waals surface area contributed by atoms with Crippen molar-refractivity contribution in [1.29, 1.82) is 0 Å². The molecule has 1 heterocycles. The largest absolute Gasteiger partial charge is 0.507 e. The summed E-state index contributed by atoms with van der Waals surface area (Å²) in [5, 5.41) is 13.0. The monoisotopic (exact) mass is 371 g/mol. The smallest absolute Gasteiger partial charge is 0.123 e. The van der Waals surface area contributed by atoms with Crippen LogP contribution < -0.4 is 0 Å². The van der Waals surface area contributed by atoms with Gasteiger partial charge in [0.1, 0.15) is 5.75 Å². The maximum atomic E-state index is 10.9. The summed E-state index contributed by atoms with van der Waals surface area (Å²) in [7, 11) is 2.26. The summed E-state index contributed by atoms with van der Waals surface area (Å²) in [6.07, 6.45) is 2.09. The highest BCUT2D eigenvalue weighted by Gasteiger charge is 2.55. The SMILES string of the molecule is CN1C(C)(C)CC2(CC1(C)C)c1ccccc1-c1c2cc(O)c2ccccc12. The van der Waals surface area contributed by atoms with E-state index in [4.69, 9.17) is 0 Å². The predicted molar refractivity (Wildman–Crippen MR) is 117 cm³/mol. The molecule has 5 rings (SSSR count). The number of benzene rings is 3. The number of hydrogen-bond donors (Lipinski definition) is 1. The molecule has 0 bridgehead atoms. The lowest BCUT2D eigenvalue weighted by atomic mass is 9.60. The maximum Gasteiger partial charge on any atom is 0.123 e. The minimum Gasteiger partial charge on any atom is -0.507 e. The van der Waals surface area contributed by atoms with Gasteiger partial charge in [0.2, 0.25) is 0 Å². The first-order valence-electron chi connectivity index (χ1n) is 10.3. The van der Waals surface area contributed by atoms with Crippen molar-refractivity contribution in [2.24, 2.45) is 0 Å². The normalized spacial score (nSPS) is 21.6. The van der Waals surface area contributed by atoms with Crippen LogP contribution in [-0.2, 0) is 5.41 Å². The van der Waals surface area contributed by atoms with Crippen LogP contribution in [0.2, 0.25) is 0 Å². The molecule has 1 saturated heterocycles. The Morgan fingerprint density at radius 1 is 0.786 bits per heavy atom. The second-order valence-electron chi connectivity index (χ2n) is 10.0. The van der Waals surface area contributed by atoms with E-state index in [1.165, 1.54) is 22.3 Å². The Hall–Kier alpha value is -2.32. The molecule has 144 valence electrons. The number of hydrogen-bond acceptors (Lipinski definition) is 2. The van der Waals surface area contributed by atoms with Crippen molar-refractivity contribution in [3.8, 4) is 16.9 Å². The third-order valence-corrected chi connectivity index (χ3v) is 7.54. The van der Waals surface area contributed by atoms with Gasteiger partial charge in [-0.05, 0) is 81.3 Å². The van der Waals surface area contributed by atoms with E-state index in [9.17, 15) is 5.11 Å². The van der Waals surface area contributed by atoms with Gasteiger partial charge in [-0.15, -0.1) is 0 Å². The molecule has 0 aromatic heterocycles. The fourth-order valence-electron chi connectivity index (χ4n) is 6.26. The number of phenolic OH excluding ortho intramolecular Hbond substituents is 1. The van der Waals surface area contributed by atoms with E-state index in [-0.39, 0.29) is 16.5 Å². The summed E-state index contributed by atoms with van der Waals surface area (Å²) in [6, 6.07) is 19.3. The molecule has 2 nitrogen and oxygen atoms in total. The molecule has 3 aromatic carbocycles. The van der Waals surface area contributed by atoms with Crippen LogP contribution >= 0.6 is 0 Å². The minimum atomic E-state index is -0.0764. The Labute approximate surface area is 167 Å². The van der Waals surface area contributed by atoms with Gasteiger partial charge in [-0.25, -0.2) is 0 Å². The molecule has 0 radical (unpaired) electrons. The third-order valence-electron chi connectivity index (χ3n) is 7.54. The Morgan fingerprint density at radius 2 is 1.36 bits per heavy atom. The molecule has 1 fully saturated rings. The summed E-state index contributed by atoms with van der Waals surface area (Å²) in [5.41, 5.74) is 5.42. The standard InChI is InChI=1S/C26H29NO/c1-24(2)15-26(16-25(3,4)27(24)5)20-13-9-8-12-19(20)23-18-11-7-6-10-17(18)22(28)14-21(23)26/h6-14,28H,15-16H2,1-5H3. The predicted octanol–water partition coefficient (Wildman–Crippen LogP) is 6.09. The highest BCUT2D eigenvalue weighted by atomic mass is 16.3. The van der Waals surface area contributed by atoms with Crippen LogP contribution in [0.3, 0.4) is 0 Å².